The van der Waals surface area contributed by atoms with Gasteiger partial charge in [0.15, 0.2) is 0 Å². The number of carbonyl (C=O) groups is 3. The normalized spacial score (nSPS) is 20.8. The Morgan fingerprint density at radius 3 is 2.55 bits per heavy atom. The minimum absolute atomic E-state index is 0.0524. The second kappa shape index (κ2) is 11.4. The van der Waals surface area contributed by atoms with Crippen LogP contribution in [0, 0.1) is 23.6 Å². The molecule has 16 heteroatoms. The van der Waals surface area contributed by atoms with Crippen LogP contribution < -0.4 is 15.4 Å². The number of sulfone groups is 1. The molecule has 5 rings (SSSR count). The fourth-order valence-corrected chi connectivity index (χ4v) is 6.36. The third-order valence-electron chi connectivity index (χ3n) is 7.55. The zero-order valence-electron chi connectivity index (χ0n) is 22.7. The number of carboxylic acids is 1. The maximum Gasteiger partial charge on any atom is 0.501 e. The first-order valence-corrected chi connectivity index (χ1v) is 14.5. The topological polar surface area (TPSA) is 157 Å². The molecule has 232 valence electrons. The molecule has 0 unspecified atom stereocenters. The van der Waals surface area contributed by atoms with E-state index in [1.54, 1.807) is 6.08 Å². The molecule has 44 heavy (non-hydrogen) atoms. The predicted molar refractivity (Wildman–Crippen MR) is 146 cm³/mol. The van der Waals surface area contributed by atoms with Gasteiger partial charge >= 0.3 is 11.5 Å². The van der Waals surface area contributed by atoms with Gasteiger partial charge < -0.3 is 20.5 Å². The molecule has 3 aromatic rings. The number of methoxy groups -OCH3 is 1. The van der Waals surface area contributed by atoms with Crippen molar-refractivity contribution in [1.82, 2.24) is 15.1 Å². The summed E-state index contributed by atoms with van der Waals surface area (Å²) < 4.78 is 84.1. The average Bonchev–Trinajstić information content (AvgIpc) is 3.69. The number of carbonyl (C=O) groups excluding carboxylic acids is 2. The fraction of sp³-hybridized carbons (Fsp3) is 0.286. The number of aliphatic carboxylic acids is 1. The van der Waals surface area contributed by atoms with Crippen LogP contribution in [0.4, 0.5) is 23.2 Å². The van der Waals surface area contributed by atoms with Crippen LogP contribution in [0.1, 0.15) is 16.8 Å². The minimum Gasteiger partial charge on any atom is -0.496 e. The van der Waals surface area contributed by atoms with Crippen LogP contribution in [0.15, 0.2) is 65.8 Å². The van der Waals surface area contributed by atoms with E-state index in [2.05, 4.69) is 15.7 Å². The molecule has 1 saturated carbocycles. The number of nitrogens with zero attached hydrogens (tertiary/aromatic N) is 2. The number of hydrogen-bond donors (Lipinski definition) is 3. The number of anilines is 1. The SMILES string of the molecule is COc1cc(F)c(-c2cnn(CC(=O)O)c2)cc1C(=O)N[C@H]1[C@@H](C(=O)Nc2cccc(S(=O)(=O)C(F)(F)F)c2)[C@@H]2C=C[C@H]1C2. The van der Waals surface area contributed by atoms with E-state index < -0.39 is 62.3 Å². The van der Waals surface area contributed by atoms with Crippen molar-refractivity contribution in [1.29, 1.82) is 0 Å². The Morgan fingerprint density at radius 1 is 1.14 bits per heavy atom. The maximum atomic E-state index is 15.0. The lowest BCUT2D eigenvalue weighted by Crippen LogP contribution is -2.47. The molecule has 0 spiro atoms. The fourth-order valence-electron chi connectivity index (χ4n) is 5.56. The van der Waals surface area contributed by atoms with Crippen molar-refractivity contribution in [2.75, 3.05) is 12.4 Å². The van der Waals surface area contributed by atoms with Crippen molar-refractivity contribution in [3.8, 4) is 16.9 Å². The summed E-state index contributed by atoms with van der Waals surface area (Å²) in [4.78, 5) is 36.9. The number of hydrogen-bond acceptors (Lipinski definition) is 7. The van der Waals surface area contributed by atoms with Gasteiger partial charge in [0.2, 0.25) is 5.91 Å². The van der Waals surface area contributed by atoms with Crippen molar-refractivity contribution in [3.05, 3.63) is 72.3 Å². The van der Waals surface area contributed by atoms with Crippen LogP contribution in [0.3, 0.4) is 0 Å². The van der Waals surface area contributed by atoms with E-state index in [9.17, 15) is 40.4 Å². The first-order chi connectivity index (χ1) is 20.7. The second-order valence-corrected chi connectivity index (χ2v) is 12.2. The third-order valence-corrected chi connectivity index (χ3v) is 9.04. The zero-order valence-corrected chi connectivity index (χ0v) is 23.5. The molecule has 3 N–H and O–H groups in total. The number of benzene rings is 2. The Morgan fingerprint density at radius 2 is 1.86 bits per heavy atom. The Hall–Kier alpha value is -4.73. The standard InChI is InChI=1S/C28H24F4N4O7S/c1-43-22-10-21(29)19(16-11-33-36(12-16)13-23(37)38)9-20(22)26(39)35-25-15-6-5-14(7-15)24(25)27(40)34-17-3-2-4-18(8-17)44(41,42)28(30,31)32/h2-6,8-12,14-15,24-25H,7,13H2,1H3,(H,34,40)(H,35,39)(H,37,38)/t14-,15+,24+,25-/m1/s1. The number of fused-ring (bicyclic) bond motifs is 2. The molecule has 0 saturated heterocycles. The number of allylic oxidation sites excluding steroid dienone is 1. The lowest BCUT2D eigenvalue weighted by atomic mass is 9.87. The summed E-state index contributed by atoms with van der Waals surface area (Å²) in [7, 11) is -4.41. The van der Waals surface area contributed by atoms with Crippen LogP contribution in [-0.4, -0.2) is 59.7 Å². The molecular weight excluding hydrogens is 612 g/mol. The molecule has 2 aromatic carbocycles. The minimum atomic E-state index is -5.65. The van der Waals surface area contributed by atoms with Crippen molar-refractivity contribution in [3.63, 3.8) is 0 Å². The van der Waals surface area contributed by atoms with Gasteiger partial charge in [0.05, 0.1) is 29.7 Å². The van der Waals surface area contributed by atoms with E-state index in [0.29, 0.717) is 12.5 Å². The lowest BCUT2D eigenvalue weighted by Gasteiger charge is -2.28. The molecule has 1 fully saturated rings. The van der Waals surface area contributed by atoms with Gasteiger partial charge in [0.25, 0.3) is 15.7 Å². The van der Waals surface area contributed by atoms with Crippen molar-refractivity contribution < 1.29 is 50.2 Å². The smallest absolute Gasteiger partial charge is 0.496 e. The quantitative estimate of drug-likeness (QED) is 0.238. The first-order valence-electron chi connectivity index (χ1n) is 13.0. The van der Waals surface area contributed by atoms with E-state index in [-0.39, 0.29) is 40.0 Å². The van der Waals surface area contributed by atoms with Crippen molar-refractivity contribution in [2.45, 2.75) is 29.4 Å². The van der Waals surface area contributed by atoms with Gasteiger partial charge in [-0.3, -0.25) is 19.1 Å². The molecule has 2 bridgehead atoms. The van der Waals surface area contributed by atoms with Crippen molar-refractivity contribution >= 4 is 33.3 Å². The van der Waals surface area contributed by atoms with Crippen LogP contribution in [0.5, 0.6) is 5.75 Å². The number of aromatic nitrogens is 2. The lowest BCUT2D eigenvalue weighted by molar-refractivity contribution is -0.137. The van der Waals surface area contributed by atoms with Gasteiger partial charge in [-0.15, -0.1) is 0 Å². The second-order valence-electron chi connectivity index (χ2n) is 10.3. The molecule has 0 aliphatic heterocycles. The van der Waals surface area contributed by atoms with E-state index in [1.165, 1.54) is 31.6 Å². The van der Waals surface area contributed by atoms with Crippen LogP contribution in [0.25, 0.3) is 11.1 Å². The summed E-state index contributed by atoms with van der Waals surface area (Å²) in [6.45, 7) is -0.464. The molecule has 2 aliphatic rings. The highest BCUT2D eigenvalue weighted by molar-refractivity contribution is 7.92. The molecule has 4 atom stereocenters. The molecule has 11 nitrogen and oxygen atoms in total. The number of carboxylic acid groups (broad SMARTS) is 1. The molecule has 1 aromatic heterocycles. The Balaban J connectivity index is 1.39. The number of amides is 2. The van der Waals surface area contributed by atoms with Crippen molar-refractivity contribution in [2.24, 2.45) is 17.8 Å². The molecular formula is C28H24F4N4O7S. The highest BCUT2D eigenvalue weighted by Gasteiger charge is 2.49. The predicted octanol–water partition coefficient (Wildman–Crippen LogP) is 3.64. The molecule has 1 heterocycles. The molecule has 2 amide bonds. The third kappa shape index (κ3) is 5.76. The number of ether oxygens (including phenoxy) is 1. The summed E-state index contributed by atoms with van der Waals surface area (Å²) in [5, 5.41) is 18.1. The van der Waals surface area contributed by atoms with E-state index in [4.69, 9.17) is 9.84 Å². The summed E-state index contributed by atoms with van der Waals surface area (Å²) in [6.07, 6.45) is 6.68. The Bertz CT molecular complexity index is 1790. The number of halogens is 4. The highest BCUT2D eigenvalue weighted by atomic mass is 32.2. The van der Waals surface area contributed by atoms with Gasteiger partial charge in [0, 0.05) is 35.1 Å². The Labute approximate surface area is 247 Å². The largest absolute Gasteiger partial charge is 0.501 e. The van der Waals surface area contributed by atoms with E-state index in [0.717, 1.165) is 22.9 Å². The molecule has 0 radical (unpaired) electrons. The summed E-state index contributed by atoms with van der Waals surface area (Å²) >= 11 is 0. The maximum absolute atomic E-state index is 15.0. The summed E-state index contributed by atoms with van der Waals surface area (Å²) in [5.74, 6) is -4.83. The average molecular weight is 637 g/mol. The number of rotatable bonds is 9. The first kappa shape index (κ1) is 30.7. The van der Waals surface area contributed by atoms with Gasteiger partial charge in [-0.1, -0.05) is 18.2 Å². The van der Waals surface area contributed by atoms with Gasteiger partial charge in [-0.05, 0) is 42.5 Å². The molecule has 2 aliphatic carbocycles. The van der Waals surface area contributed by atoms with Gasteiger partial charge in [0.1, 0.15) is 18.1 Å². The monoisotopic (exact) mass is 636 g/mol. The zero-order chi connectivity index (χ0) is 32.0. The number of nitrogens with one attached hydrogen (secondary N) is 2. The number of alkyl halides is 3. The summed E-state index contributed by atoms with van der Waals surface area (Å²) in [6, 6.07) is 5.23. The van der Waals surface area contributed by atoms with Gasteiger partial charge in [-0.2, -0.15) is 18.3 Å². The van der Waals surface area contributed by atoms with E-state index >= 15 is 0 Å². The highest BCUT2D eigenvalue weighted by Crippen LogP contribution is 2.45. The van der Waals surface area contributed by atoms with E-state index in [1.807, 2.05) is 6.08 Å². The Kier molecular flexibility index (Phi) is 7.96. The van der Waals surface area contributed by atoms with Crippen LogP contribution in [-0.2, 0) is 26.0 Å². The van der Waals surface area contributed by atoms with Gasteiger partial charge in [-0.25, -0.2) is 12.8 Å². The summed E-state index contributed by atoms with van der Waals surface area (Å²) in [5.41, 5.74) is -5.63. The van der Waals surface area contributed by atoms with Crippen LogP contribution >= 0.6 is 0 Å². The van der Waals surface area contributed by atoms with Crippen LogP contribution in [0.2, 0.25) is 0 Å².